The first kappa shape index (κ1) is 16.1. The van der Waals surface area contributed by atoms with Crippen LogP contribution in [-0.4, -0.2) is 22.2 Å². The Morgan fingerprint density at radius 1 is 0.875 bits per heavy atom. The Morgan fingerprint density at radius 3 is 2.33 bits per heavy atom. The van der Waals surface area contributed by atoms with Gasteiger partial charge in [-0.05, 0) is 30.7 Å². The number of aromatic nitrogens is 2. The van der Waals surface area contributed by atoms with Gasteiger partial charge < -0.3 is 0 Å². The molecular weight excluding hydrogens is 294 g/mol. The van der Waals surface area contributed by atoms with Crippen LogP contribution in [0.4, 0.5) is 0 Å². The minimum atomic E-state index is 0.805. The van der Waals surface area contributed by atoms with Crippen molar-refractivity contribution in [3.8, 4) is 11.3 Å². The molecule has 0 bridgehead atoms. The molecule has 2 heterocycles. The molecule has 0 spiro atoms. The molecule has 0 amide bonds. The fourth-order valence-corrected chi connectivity index (χ4v) is 2.59. The quantitative estimate of drug-likeness (QED) is 0.485. The van der Waals surface area contributed by atoms with Crippen molar-refractivity contribution in [3.63, 3.8) is 0 Å². The number of pyridine rings is 2. The van der Waals surface area contributed by atoms with E-state index in [1.54, 1.807) is 0 Å². The van der Waals surface area contributed by atoms with E-state index in [0.717, 1.165) is 47.6 Å². The van der Waals surface area contributed by atoms with Gasteiger partial charge in [0.15, 0.2) is 0 Å². The van der Waals surface area contributed by atoms with Gasteiger partial charge in [-0.15, -0.1) is 0 Å². The summed E-state index contributed by atoms with van der Waals surface area (Å²) in [5.41, 5.74) is 4.94. The topological polar surface area (TPSA) is 38.1 Å². The van der Waals surface area contributed by atoms with E-state index in [0.29, 0.717) is 0 Å². The first-order valence-corrected chi connectivity index (χ1v) is 8.37. The first-order valence-electron chi connectivity index (χ1n) is 8.37. The maximum absolute atomic E-state index is 4.87. The van der Waals surface area contributed by atoms with E-state index < -0.39 is 0 Å². The second kappa shape index (κ2) is 8.16. The zero-order valence-electron chi connectivity index (χ0n) is 13.9. The highest BCUT2D eigenvalue weighted by Gasteiger charge is 2.14. The molecular formula is C21H21N3. The molecule has 3 nitrogen and oxygen atoms in total. The van der Waals surface area contributed by atoms with E-state index in [2.05, 4.69) is 29.0 Å². The summed E-state index contributed by atoms with van der Waals surface area (Å²) in [6, 6.07) is 20.2. The third kappa shape index (κ3) is 3.74. The van der Waals surface area contributed by atoms with E-state index in [1.165, 1.54) is 0 Å². The van der Waals surface area contributed by atoms with Gasteiger partial charge >= 0.3 is 0 Å². The van der Waals surface area contributed by atoms with Gasteiger partial charge in [0.2, 0.25) is 0 Å². The van der Waals surface area contributed by atoms with Crippen molar-refractivity contribution >= 4 is 5.71 Å². The summed E-state index contributed by atoms with van der Waals surface area (Å²) < 4.78 is 0. The Bertz CT molecular complexity index is 796. The molecule has 0 N–H and O–H groups in total. The third-order valence-corrected chi connectivity index (χ3v) is 3.81. The number of hydrogen-bond acceptors (Lipinski definition) is 3. The van der Waals surface area contributed by atoms with Crippen molar-refractivity contribution in [2.24, 2.45) is 4.99 Å². The second-order valence-electron chi connectivity index (χ2n) is 5.56. The zero-order valence-corrected chi connectivity index (χ0v) is 13.9. The van der Waals surface area contributed by atoms with Gasteiger partial charge in [0, 0.05) is 30.1 Å². The molecule has 3 heteroatoms. The van der Waals surface area contributed by atoms with Crippen LogP contribution in [-0.2, 0) is 0 Å². The summed E-state index contributed by atoms with van der Waals surface area (Å²) in [5, 5.41) is 0. The number of aliphatic imine (C=N–C) groups is 1. The van der Waals surface area contributed by atoms with E-state index in [1.807, 2.05) is 60.9 Å². The zero-order chi connectivity index (χ0) is 16.6. The Labute approximate surface area is 143 Å². The van der Waals surface area contributed by atoms with E-state index in [-0.39, 0.29) is 0 Å². The first-order chi connectivity index (χ1) is 11.9. The molecule has 0 saturated carbocycles. The van der Waals surface area contributed by atoms with Gasteiger partial charge in [0.1, 0.15) is 0 Å². The second-order valence-corrected chi connectivity index (χ2v) is 5.56. The summed E-state index contributed by atoms with van der Waals surface area (Å²) in [7, 11) is 0. The van der Waals surface area contributed by atoms with Crippen LogP contribution in [0.3, 0.4) is 0 Å². The maximum Gasteiger partial charge on any atom is 0.0909 e. The number of nitrogens with zero attached hydrogens (tertiary/aromatic N) is 3. The van der Waals surface area contributed by atoms with Crippen LogP contribution in [0, 0.1) is 0 Å². The van der Waals surface area contributed by atoms with Gasteiger partial charge in [0.25, 0.3) is 0 Å². The van der Waals surface area contributed by atoms with Crippen LogP contribution >= 0.6 is 0 Å². The Hall–Kier alpha value is -2.81. The minimum absolute atomic E-state index is 0.805. The number of benzene rings is 1. The van der Waals surface area contributed by atoms with Crippen molar-refractivity contribution in [3.05, 3.63) is 84.3 Å². The summed E-state index contributed by atoms with van der Waals surface area (Å²) in [4.78, 5) is 13.9. The Kier molecular flexibility index (Phi) is 5.46. The van der Waals surface area contributed by atoms with E-state index in [9.17, 15) is 0 Å². The number of unbranched alkanes of at least 4 members (excludes halogenated alkanes) is 1. The molecule has 3 aromatic rings. The summed E-state index contributed by atoms with van der Waals surface area (Å²) in [6.45, 7) is 2.98. The van der Waals surface area contributed by atoms with Crippen molar-refractivity contribution in [1.82, 2.24) is 9.97 Å². The molecule has 0 unspecified atom stereocenters. The number of rotatable bonds is 6. The van der Waals surface area contributed by atoms with Gasteiger partial charge in [-0.3, -0.25) is 15.0 Å². The van der Waals surface area contributed by atoms with Gasteiger partial charge in [-0.2, -0.15) is 0 Å². The highest BCUT2D eigenvalue weighted by molar-refractivity contribution is 6.15. The van der Waals surface area contributed by atoms with Crippen molar-refractivity contribution in [2.45, 2.75) is 19.8 Å². The average Bonchev–Trinajstić information content (AvgIpc) is 2.67. The van der Waals surface area contributed by atoms with Crippen molar-refractivity contribution < 1.29 is 0 Å². The fourth-order valence-electron chi connectivity index (χ4n) is 2.59. The SMILES string of the molecule is CCCCN=C(c1ccccn1)c1ccccc1-c1ccccn1. The normalized spacial score (nSPS) is 11.5. The largest absolute Gasteiger partial charge is 0.282 e. The lowest BCUT2D eigenvalue weighted by Gasteiger charge is -2.12. The third-order valence-electron chi connectivity index (χ3n) is 3.81. The Morgan fingerprint density at radius 2 is 1.62 bits per heavy atom. The van der Waals surface area contributed by atoms with E-state index >= 15 is 0 Å². The molecule has 0 fully saturated rings. The predicted molar refractivity (Wildman–Crippen MR) is 99.3 cm³/mol. The highest BCUT2D eigenvalue weighted by atomic mass is 14.8. The van der Waals surface area contributed by atoms with Crippen molar-refractivity contribution in [1.29, 1.82) is 0 Å². The lowest BCUT2D eigenvalue weighted by atomic mass is 9.97. The molecule has 0 aliphatic carbocycles. The molecule has 24 heavy (non-hydrogen) atoms. The average molecular weight is 315 g/mol. The monoisotopic (exact) mass is 315 g/mol. The molecule has 0 saturated heterocycles. The molecule has 120 valence electrons. The Balaban J connectivity index is 2.11. The van der Waals surface area contributed by atoms with Crippen LogP contribution in [0.1, 0.15) is 31.0 Å². The molecule has 0 aliphatic rings. The van der Waals surface area contributed by atoms with Crippen LogP contribution in [0.2, 0.25) is 0 Å². The lowest BCUT2D eigenvalue weighted by molar-refractivity contribution is 0.808. The van der Waals surface area contributed by atoms with Crippen molar-refractivity contribution in [2.75, 3.05) is 6.54 Å². The van der Waals surface area contributed by atoms with Crippen LogP contribution in [0.15, 0.2) is 78.0 Å². The van der Waals surface area contributed by atoms with Gasteiger partial charge in [0.05, 0.1) is 17.1 Å². The van der Waals surface area contributed by atoms with Gasteiger partial charge in [-0.25, -0.2) is 0 Å². The minimum Gasteiger partial charge on any atom is -0.282 e. The predicted octanol–water partition coefficient (Wildman–Crippen LogP) is 4.78. The molecule has 0 atom stereocenters. The smallest absolute Gasteiger partial charge is 0.0909 e. The van der Waals surface area contributed by atoms with Crippen LogP contribution in [0.25, 0.3) is 11.3 Å². The molecule has 3 rings (SSSR count). The lowest BCUT2D eigenvalue weighted by Crippen LogP contribution is -2.09. The number of hydrogen-bond donors (Lipinski definition) is 0. The molecule has 2 aromatic heterocycles. The highest BCUT2D eigenvalue weighted by Crippen LogP contribution is 2.24. The van der Waals surface area contributed by atoms with Crippen LogP contribution in [0.5, 0.6) is 0 Å². The summed E-state index contributed by atoms with van der Waals surface area (Å²) >= 11 is 0. The summed E-state index contributed by atoms with van der Waals surface area (Å²) in [6.07, 6.45) is 5.83. The van der Waals surface area contributed by atoms with E-state index in [4.69, 9.17) is 4.99 Å². The standard InChI is InChI=1S/C21H21N3/c1-2-3-14-24-21(20-13-7-9-16-23-20)18-11-5-4-10-17(18)19-12-6-8-15-22-19/h4-13,15-16H,2-3,14H2,1H3. The molecule has 1 aromatic carbocycles. The fraction of sp³-hybridized carbons (Fsp3) is 0.190. The van der Waals surface area contributed by atoms with Gasteiger partial charge in [-0.1, -0.05) is 49.7 Å². The van der Waals surface area contributed by atoms with Crippen LogP contribution < -0.4 is 0 Å². The molecule has 0 radical (unpaired) electrons. The summed E-state index contributed by atoms with van der Waals surface area (Å²) in [5.74, 6) is 0. The maximum atomic E-state index is 4.87. The molecule has 0 aliphatic heterocycles.